The van der Waals surface area contributed by atoms with Gasteiger partial charge < -0.3 is 10.1 Å². The molecule has 1 N–H and O–H groups in total. The largest absolute Gasteiger partial charge is 0.481 e. The number of methoxy groups -OCH3 is 1. The Hall–Kier alpha value is -1.87. The minimum absolute atomic E-state index is 0.101. The van der Waals surface area contributed by atoms with E-state index in [9.17, 15) is 0 Å². The number of pyridine rings is 1. The van der Waals surface area contributed by atoms with Crippen molar-refractivity contribution >= 4 is 0 Å². The van der Waals surface area contributed by atoms with Gasteiger partial charge in [-0.05, 0) is 43.1 Å². The highest BCUT2D eigenvalue weighted by Gasteiger charge is 2.19. The molecular formula is C17H22N2O. The van der Waals surface area contributed by atoms with E-state index in [-0.39, 0.29) is 6.04 Å². The van der Waals surface area contributed by atoms with Gasteiger partial charge in [-0.2, -0.15) is 0 Å². The first kappa shape index (κ1) is 14.5. The van der Waals surface area contributed by atoms with E-state index in [1.807, 2.05) is 6.07 Å². The van der Waals surface area contributed by atoms with Crippen LogP contribution in [-0.4, -0.2) is 18.6 Å². The molecular weight excluding hydrogens is 248 g/mol. The number of benzene rings is 1. The van der Waals surface area contributed by atoms with Crippen LogP contribution >= 0.6 is 0 Å². The van der Waals surface area contributed by atoms with Crippen molar-refractivity contribution in [2.75, 3.05) is 13.7 Å². The average Bonchev–Trinajstić information content (AvgIpc) is 2.48. The highest BCUT2D eigenvalue weighted by atomic mass is 16.5. The minimum atomic E-state index is 0.101. The van der Waals surface area contributed by atoms with Gasteiger partial charge in [0.15, 0.2) is 0 Å². The lowest BCUT2D eigenvalue weighted by Gasteiger charge is -2.23. The van der Waals surface area contributed by atoms with E-state index in [2.05, 4.69) is 55.3 Å². The number of rotatable bonds is 5. The summed E-state index contributed by atoms with van der Waals surface area (Å²) < 4.78 is 5.41. The Bertz CT molecular complexity index is 581. The monoisotopic (exact) mass is 270 g/mol. The molecule has 0 aliphatic carbocycles. The van der Waals surface area contributed by atoms with Crippen LogP contribution in [0.3, 0.4) is 0 Å². The average molecular weight is 270 g/mol. The van der Waals surface area contributed by atoms with Crippen LogP contribution in [0.4, 0.5) is 0 Å². The Morgan fingerprint density at radius 2 is 1.90 bits per heavy atom. The number of ether oxygens (including phenoxy) is 1. The summed E-state index contributed by atoms with van der Waals surface area (Å²) in [6.07, 6.45) is 1.76. The second kappa shape index (κ2) is 6.53. The second-order valence-corrected chi connectivity index (χ2v) is 4.88. The van der Waals surface area contributed by atoms with Gasteiger partial charge in [0.25, 0.3) is 0 Å². The van der Waals surface area contributed by atoms with Gasteiger partial charge in [-0.15, -0.1) is 0 Å². The van der Waals surface area contributed by atoms with E-state index >= 15 is 0 Å². The summed E-state index contributed by atoms with van der Waals surface area (Å²) in [7, 11) is 1.66. The number of aromatic nitrogens is 1. The van der Waals surface area contributed by atoms with Crippen LogP contribution in [0.25, 0.3) is 0 Å². The van der Waals surface area contributed by atoms with Crippen LogP contribution in [0.1, 0.15) is 35.2 Å². The molecule has 3 nitrogen and oxygen atoms in total. The molecule has 0 aliphatic heterocycles. The molecule has 3 heteroatoms. The number of aryl methyl sites for hydroxylation is 1. The van der Waals surface area contributed by atoms with Crippen molar-refractivity contribution in [3.8, 4) is 5.88 Å². The predicted octanol–water partition coefficient (Wildman–Crippen LogP) is 3.41. The van der Waals surface area contributed by atoms with Crippen molar-refractivity contribution in [3.05, 3.63) is 58.8 Å². The molecule has 1 aromatic heterocycles. The van der Waals surface area contributed by atoms with E-state index in [1.165, 1.54) is 16.7 Å². The number of hydrogen-bond donors (Lipinski definition) is 1. The molecule has 1 aromatic carbocycles. The lowest BCUT2D eigenvalue weighted by Crippen LogP contribution is -2.23. The Labute approximate surface area is 121 Å². The minimum Gasteiger partial charge on any atom is -0.481 e. The normalized spacial score (nSPS) is 12.2. The predicted molar refractivity (Wildman–Crippen MR) is 82.2 cm³/mol. The maximum atomic E-state index is 5.41. The van der Waals surface area contributed by atoms with Crippen LogP contribution in [0.2, 0.25) is 0 Å². The zero-order valence-corrected chi connectivity index (χ0v) is 12.6. The molecule has 2 rings (SSSR count). The van der Waals surface area contributed by atoms with E-state index in [0.717, 1.165) is 12.1 Å². The Morgan fingerprint density at radius 1 is 1.15 bits per heavy atom. The maximum Gasteiger partial charge on any atom is 0.218 e. The summed E-state index contributed by atoms with van der Waals surface area (Å²) in [4.78, 5) is 4.32. The molecule has 0 saturated carbocycles. The molecule has 0 aliphatic rings. The Kier molecular flexibility index (Phi) is 4.74. The van der Waals surface area contributed by atoms with Crippen LogP contribution in [0.5, 0.6) is 5.88 Å². The lowest BCUT2D eigenvalue weighted by molar-refractivity contribution is 0.387. The molecule has 20 heavy (non-hydrogen) atoms. The highest BCUT2D eigenvalue weighted by molar-refractivity contribution is 5.43. The molecule has 1 atom stereocenters. The van der Waals surface area contributed by atoms with Crippen molar-refractivity contribution < 1.29 is 4.74 Å². The summed E-state index contributed by atoms with van der Waals surface area (Å²) in [6, 6.07) is 10.5. The first-order valence-corrected chi connectivity index (χ1v) is 6.97. The zero-order valence-electron chi connectivity index (χ0n) is 12.6. The third-order valence-corrected chi connectivity index (χ3v) is 3.67. The second-order valence-electron chi connectivity index (χ2n) is 4.88. The smallest absolute Gasteiger partial charge is 0.218 e. The van der Waals surface area contributed by atoms with Gasteiger partial charge in [-0.25, -0.2) is 4.98 Å². The van der Waals surface area contributed by atoms with Crippen LogP contribution in [0, 0.1) is 13.8 Å². The van der Waals surface area contributed by atoms with Crippen molar-refractivity contribution in [1.29, 1.82) is 0 Å². The van der Waals surface area contributed by atoms with Crippen molar-refractivity contribution in [2.45, 2.75) is 26.8 Å². The SMILES string of the molecule is CCNC(c1cccnc1OC)c1cccc(C)c1C. The quantitative estimate of drug-likeness (QED) is 0.904. The Balaban J connectivity index is 2.53. The standard InChI is InChI=1S/C17H22N2O/c1-5-18-16(14-9-6-8-12(2)13(14)3)15-10-7-11-19-17(15)20-4/h6-11,16,18H,5H2,1-4H3. The summed E-state index contributed by atoms with van der Waals surface area (Å²) in [5.74, 6) is 0.680. The van der Waals surface area contributed by atoms with Gasteiger partial charge in [0, 0.05) is 11.8 Å². The molecule has 0 amide bonds. The highest BCUT2D eigenvalue weighted by Crippen LogP contribution is 2.30. The van der Waals surface area contributed by atoms with Gasteiger partial charge >= 0.3 is 0 Å². The molecule has 106 valence electrons. The lowest BCUT2D eigenvalue weighted by atomic mass is 9.93. The molecule has 0 spiro atoms. The van der Waals surface area contributed by atoms with Crippen LogP contribution in [0.15, 0.2) is 36.5 Å². The maximum absolute atomic E-state index is 5.41. The van der Waals surface area contributed by atoms with E-state index in [1.54, 1.807) is 13.3 Å². The van der Waals surface area contributed by atoms with Gasteiger partial charge in [0.1, 0.15) is 0 Å². The van der Waals surface area contributed by atoms with Crippen LogP contribution in [-0.2, 0) is 0 Å². The first-order valence-electron chi connectivity index (χ1n) is 6.97. The number of hydrogen-bond acceptors (Lipinski definition) is 3. The van der Waals surface area contributed by atoms with Gasteiger partial charge in [-0.1, -0.05) is 31.2 Å². The fraction of sp³-hybridized carbons (Fsp3) is 0.353. The summed E-state index contributed by atoms with van der Waals surface area (Å²) in [5.41, 5.74) is 4.96. The van der Waals surface area contributed by atoms with Gasteiger partial charge in [0.05, 0.1) is 13.2 Å². The van der Waals surface area contributed by atoms with E-state index in [0.29, 0.717) is 5.88 Å². The molecule has 0 bridgehead atoms. The fourth-order valence-corrected chi connectivity index (χ4v) is 2.47. The Morgan fingerprint density at radius 3 is 2.60 bits per heavy atom. The first-order chi connectivity index (χ1) is 9.69. The van der Waals surface area contributed by atoms with Crippen molar-refractivity contribution in [2.24, 2.45) is 0 Å². The third-order valence-electron chi connectivity index (χ3n) is 3.67. The fourth-order valence-electron chi connectivity index (χ4n) is 2.47. The molecule has 0 radical (unpaired) electrons. The molecule has 1 unspecified atom stereocenters. The zero-order chi connectivity index (χ0) is 14.5. The van der Waals surface area contributed by atoms with E-state index < -0.39 is 0 Å². The van der Waals surface area contributed by atoms with Crippen molar-refractivity contribution in [1.82, 2.24) is 10.3 Å². The number of nitrogens with one attached hydrogen (secondary N) is 1. The van der Waals surface area contributed by atoms with E-state index in [4.69, 9.17) is 4.74 Å². The summed E-state index contributed by atoms with van der Waals surface area (Å²) in [5, 5.41) is 3.54. The molecule has 1 heterocycles. The third kappa shape index (κ3) is 2.83. The molecule has 0 fully saturated rings. The van der Waals surface area contributed by atoms with Gasteiger partial charge in [-0.3, -0.25) is 0 Å². The van der Waals surface area contributed by atoms with Gasteiger partial charge in [0.2, 0.25) is 5.88 Å². The van der Waals surface area contributed by atoms with Crippen molar-refractivity contribution in [3.63, 3.8) is 0 Å². The molecule has 2 aromatic rings. The summed E-state index contributed by atoms with van der Waals surface area (Å²) >= 11 is 0. The topological polar surface area (TPSA) is 34.2 Å². The van der Waals surface area contributed by atoms with Crippen LogP contribution < -0.4 is 10.1 Å². The number of nitrogens with zero attached hydrogens (tertiary/aromatic N) is 1. The molecule has 0 saturated heterocycles. The summed E-state index contributed by atoms with van der Waals surface area (Å²) in [6.45, 7) is 7.30.